The molecule has 0 fully saturated rings. The predicted molar refractivity (Wildman–Crippen MR) is 39.7 cm³/mol. The van der Waals surface area contributed by atoms with E-state index in [-0.39, 0.29) is 10.9 Å². The number of aromatic nitrogens is 2. The summed E-state index contributed by atoms with van der Waals surface area (Å²) in [7, 11) is 0. The van der Waals surface area contributed by atoms with Crippen LogP contribution in [0, 0.1) is 0 Å². The van der Waals surface area contributed by atoms with Crippen LogP contribution in [-0.2, 0) is 11.5 Å². The van der Waals surface area contributed by atoms with E-state index in [0.717, 1.165) is 12.5 Å². The van der Waals surface area contributed by atoms with Gasteiger partial charge in [0.1, 0.15) is 6.33 Å². The van der Waals surface area contributed by atoms with Gasteiger partial charge < -0.3 is 0 Å². The van der Waals surface area contributed by atoms with Crippen molar-refractivity contribution in [2.45, 2.75) is 11.5 Å². The third-order valence-corrected chi connectivity index (χ3v) is 1.80. The predicted octanol–water partition coefficient (Wildman–Crippen LogP) is 2.39. The molecule has 12 heavy (non-hydrogen) atoms. The van der Waals surface area contributed by atoms with Crippen LogP contribution in [0.5, 0.6) is 0 Å². The minimum absolute atomic E-state index is 0.0463. The number of rotatable bonds is 1. The summed E-state index contributed by atoms with van der Waals surface area (Å²) in [6, 6.07) is 0. The van der Waals surface area contributed by atoms with Gasteiger partial charge in [-0.15, -0.1) is 0 Å². The molecule has 0 radical (unpaired) electrons. The first-order valence-corrected chi connectivity index (χ1v) is 4.10. The molecular formula is C6H4BrF3N2. The van der Waals surface area contributed by atoms with Crippen LogP contribution in [0.1, 0.15) is 11.3 Å². The van der Waals surface area contributed by atoms with Gasteiger partial charge in [0, 0.05) is 17.1 Å². The number of alkyl halides is 4. The summed E-state index contributed by atoms with van der Waals surface area (Å²) in [6.07, 6.45) is -2.37. The smallest absolute Gasteiger partial charge is 0.244 e. The van der Waals surface area contributed by atoms with E-state index in [1.807, 2.05) is 0 Å². The lowest BCUT2D eigenvalue weighted by Gasteiger charge is -2.07. The molecule has 0 aliphatic rings. The average molecular weight is 241 g/mol. The lowest BCUT2D eigenvalue weighted by Crippen LogP contribution is -2.11. The second-order valence-corrected chi connectivity index (χ2v) is 2.59. The van der Waals surface area contributed by atoms with Gasteiger partial charge in [0.2, 0.25) is 0 Å². The molecule has 0 aliphatic carbocycles. The minimum Gasteiger partial charge on any atom is -0.244 e. The van der Waals surface area contributed by atoms with Crippen LogP contribution in [0.2, 0.25) is 0 Å². The molecule has 0 saturated carbocycles. The summed E-state index contributed by atoms with van der Waals surface area (Å²) in [5, 5.41) is 0.0999. The fraction of sp³-hybridized carbons (Fsp3) is 0.333. The third-order valence-electron chi connectivity index (χ3n) is 1.20. The quantitative estimate of drug-likeness (QED) is 0.705. The molecule has 0 atom stereocenters. The summed E-state index contributed by atoms with van der Waals surface area (Å²) in [5.41, 5.74) is -0.834. The van der Waals surface area contributed by atoms with Crippen molar-refractivity contribution in [2.24, 2.45) is 0 Å². The Kier molecular flexibility index (Phi) is 2.66. The highest BCUT2D eigenvalue weighted by Gasteiger charge is 2.34. The highest BCUT2D eigenvalue weighted by atomic mass is 79.9. The van der Waals surface area contributed by atoms with Gasteiger partial charge in [0.25, 0.3) is 0 Å². The summed E-state index contributed by atoms with van der Waals surface area (Å²) in [5.74, 6) is 0. The van der Waals surface area contributed by atoms with E-state index in [9.17, 15) is 13.2 Å². The SMILES string of the molecule is FC(F)(F)c1ncncc1CBr. The maximum Gasteiger partial charge on any atom is 0.433 e. The Balaban J connectivity index is 3.14. The second-order valence-electron chi connectivity index (χ2n) is 2.03. The average Bonchev–Trinajstić information content (AvgIpc) is 2.03. The summed E-state index contributed by atoms with van der Waals surface area (Å²) in [6.45, 7) is 0. The van der Waals surface area contributed by atoms with Gasteiger partial charge in [-0.25, -0.2) is 9.97 Å². The Hall–Kier alpha value is -0.650. The number of nitrogens with zero attached hydrogens (tertiary/aromatic N) is 2. The highest BCUT2D eigenvalue weighted by molar-refractivity contribution is 9.08. The molecule has 1 heterocycles. The van der Waals surface area contributed by atoms with Crippen LogP contribution in [-0.4, -0.2) is 9.97 Å². The van der Waals surface area contributed by atoms with E-state index >= 15 is 0 Å². The maximum absolute atomic E-state index is 12.1. The molecule has 1 rings (SSSR count). The third kappa shape index (κ3) is 1.94. The zero-order valence-corrected chi connectivity index (χ0v) is 7.35. The molecule has 0 unspecified atom stereocenters. The van der Waals surface area contributed by atoms with Crippen molar-refractivity contribution in [1.29, 1.82) is 0 Å². The number of hydrogen-bond acceptors (Lipinski definition) is 2. The fourth-order valence-corrected chi connectivity index (χ4v) is 1.12. The van der Waals surface area contributed by atoms with Crippen molar-refractivity contribution in [3.63, 3.8) is 0 Å². The Labute approximate surface area is 75.0 Å². The topological polar surface area (TPSA) is 25.8 Å². The molecule has 0 amide bonds. The molecule has 2 nitrogen and oxygen atoms in total. The van der Waals surface area contributed by atoms with E-state index in [1.54, 1.807) is 0 Å². The van der Waals surface area contributed by atoms with Gasteiger partial charge >= 0.3 is 6.18 Å². The number of halogens is 4. The van der Waals surface area contributed by atoms with Gasteiger partial charge in [-0.3, -0.25) is 0 Å². The van der Waals surface area contributed by atoms with Crippen molar-refractivity contribution in [3.8, 4) is 0 Å². The molecule has 6 heteroatoms. The first-order chi connectivity index (χ1) is 5.55. The first-order valence-electron chi connectivity index (χ1n) is 2.97. The summed E-state index contributed by atoms with van der Waals surface area (Å²) >= 11 is 2.92. The highest BCUT2D eigenvalue weighted by Crippen LogP contribution is 2.30. The maximum atomic E-state index is 12.1. The Morgan fingerprint density at radius 2 is 2.08 bits per heavy atom. The van der Waals surface area contributed by atoms with Crippen LogP contribution >= 0.6 is 15.9 Å². The largest absolute Gasteiger partial charge is 0.433 e. The van der Waals surface area contributed by atoms with E-state index in [4.69, 9.17) is 0 Å². The molecular weight excluding hydrogens is 237 g/mol. The van der Waals surface area contributed by atoms with Crippen molar-refractivity contribution in [2.75, 3.05) is 0 Å². The Morgan fingerprint density at radius 3 is 2.50 bits per heavy atom. The minimum atomic E-state index is -4.40. The van der Waals surface area contributed by atoms with Gasteiger partial charge in [0.15, 0.2) is 5.69 Å². The molecule has 1 aromatic rings. The lowest BCUT2D eigenvalue weighted by atomic mass is 10.2. The molecule has 1 aromatic heterocycles. The van der Waals surface area contributed by atoms with Crippen molar-refractivity contribution in [3.05, 3.63) is 23.8 Å². The van der Waals surface area contributed by atoms with E-state index in [0.29, 0.717) is 0 Å². The monoisotopic (exact) mass is 240 g/mol. The van der Waals surface area contributed by atoms with E-state index in [1.165, 1.54) is 0 Å². The molecule has 0 aromatic carbocycles. The van der Waals surface area contributed by atoms with Crippen molar-refractivity contribution >= 4 is 15.9 Å². The van der Waals surface area contributed by atoms with Crippen LogP contribution in [0.4, 0.5) is 13.2 Å². The van der Waals surface area contributed by atoms with E-state index < -0.39 is 11.9 Å². The van der Waals surface area contributed by atoms with E-state index in [2.05, 4.69) is 25.9 Å². The standard InChI is InChI=1S/C6H4BrF3N2/c7-1-4-2-11-3-12-5(4)6(8,9)10/h2-3H,1H2. The molecule has 0 spiro atoms. The molecule has 0 bridgehead atoms. The first kappa shape index (κ1) is 9.44. The molecule has 0 saturated heterocycles. The lowest BCUT2D eigenvalue weighted by molar-refractivity contribution is -0.141. The van der Waals surface area contributed by atoms with Crippen molar-refractivity contribution in [1.82, 2.24) is 9.97 Å². The Bertz CT molecular complexity index is 274. The van der Waals surface area contributed by atoms with Crippen LogP contribution in [0.15, 0.2) is 12.5 Å². The molecule has 66 valence electrons. The summed E-state index contributed by atoms with van der Waals surface area (Å²) in [4.78, 5) is 6.64. The number of hydrogen-bond donors (Lipinski definition) is 0. The Morgan fingerprint density at radius 1 is 1.42 bits per heavy atom. The van der Waals surface area contributed by atoms with Crippen LogP contribution in [0.25, 0.3) is 0 Å². The van der Waals surface area contributed by atoms with Gasteiger partial charge in [-0.05, 0) is 0 Å². The van der Waals surface area contributed by atoms with Gasteiger partial charge in [-0.1, -0.05) is 15.9 Å². The van der Waals surface area contributed by atoms with Crippen molar-refractivity contribution < 1.29 is 13.2 Å². The van der Waals surface area contributed by atoms with Gasteiger partial charge in [-0.2, -0.15) is 13.2 Å². The van der Waals surface area contributed by atoms with Gasteiger partial charge in [0.05, 0.1) is 0 Å². The zero-order chi connectivity index (χ0) is 9.19. The fourth-order valence-electron chi connectivity index (χ4n) is 0.711. The van der Waals surface area contributed by atoms with Crippen LogP contribution < -0.4 is 0 Å². The zero-order valence-electron chi connectivity index (χ0n) is 5.77. The summed E-state index contributed by atoms with van der Waals surface area (Å²) < 4.78 is 36.4. The molecule has 0 N–H and O–H groups in total. The molecule has 0 aliphatic heterocycles. The normalized spacial score (nSPS) is 11.7. The van der Waals surface area contributed by atoms with Crippen LogP contribution in [0.3, 0.4) is 0 Å². The second kappa shape index (κ2) is 3.38.